The summed E-state index contributed by atoms with van der Waals surface area (Å²) in [5.41, 5.74) is 0. The molecule has 0 aliphatic heterocycles. The molecule has 0 N–H and O–H groups in total. The third-order valence-corrected chi connectivity index (χ3v) is 0.577. The molecular weight excluding hydrogens is 119 g/mol. The Morgan fingerprint density at radius 3 is 1.00 bits per heavy atom. The van der Waals surface area contributed by atoms with Crippen molar-refractivity contribution in [3.8, 4) is 0 Å². The van der Waals surface area contributed by atoms with E-state index in [4.69, 9.17) is 0 Å². The van der Waals surface area contributed by atoms with Crippen molar-refractivity contribution in [3.05, 3.63) is 0 Å². The Hall–Kier alpha value is 0.0649. The van der Waals surface area contributed by atoms with Gasteiger partial charge in [0.05, 0.1) is 0 Å². The van der Waals surface area contributed by atoms with Crippen LogP contribution in [0.15, 0.2) is 0 Å². The van der Waals surface area contributed by atoms with E-state index < -0.39 is 0 Å². The highest BCUT2D eigenvalue weighted by molar-refractivity contribution is 6.34. The van der Waals surface area contributed by atoms with E-state index in [1.807, 2.05) is 13.8 Å². The van der Waals surface area contributed by atoms with E-state index in [-0.39, 0.29) is 0 Å². The maximum Gasteiger partial charge on any atom is 0.108 e. The van der Waals surface area contributed by atoms with Crippen LogP contribution in [0.1, 0.15) is 48.0 Å². The fourth-order valence-electron chi connectivity index (χ4n) is 0.289. The van der Waals surface area contributed by atoms with Crippen LogP contribution >= 0.6 is 0 Å². The van der Waals surface area contributed by atoms with Gasteiger partial charge < -0.3 is 0 Å². The van der Waals surface area contributed by atoms with Gasteiger partial charge >= 0.3 is 0 Å². The number of hydrogen-bond acceptors (Lipinski definition) is 0. The fourth-order valence-corrected chi connectivity index (χ4v) is 0.289. The zero-order chi connectivity index (χ0) is 8.83. The van der Waals surface area contributed by atoms with E-state index >= 15 is 0 Å². The fraction of sp³-hybridized carbons (Fsp3) is 1.00. The van der Waals surface area contributed by atoms with Gasteiger partial charge in [0.15, 0.2) is 0 Å². The second kappa shape index (κ2) is 35.7. The second-order valence-corrected chi connectivity index (χ2v) is 1.81. The van der Waals surface area contributed by atoms with Crippen molar-refractivity contribution < 1.29 is 0 Å². The smallest absolute Gasteiger partial charge is 0.0831 e. The van der Waals surface area contributed by atoms with Crippen LogP contribution in [0.5, 0.6) is 0 Å². The van der Waals surface area contributed by atoms with E-state index in [1.165, 1.54) is 19.1 Å². The molecule has 0 unspecified atom stereocenters. The zero-order valence-electron chi connectivity index (χ0n) is 8.70. The summed E-state index contributed by atoms with van der Waals surface area (Å²) in [4.78, 5) is 0. The molecule has 0 aromatic heterocycles. The van der Waals surface area contributed by atoms with E-state index in [9.17, 15) is 0 Å². The average molecular weight is 143 g/mol. The predicted octanol–water partition coefficient (Wildman–Crippen LogP) is 4.01. The van der Waals surface area contributed by atoms with Crippen molar-refractivity contribution in [2.45, 2.75) is 60.6 Å². The molecule has 10 heavy (non-hydrogen) atoms. The topological polar surface area (TPSA) is 0 Å². The first-order valence-corrected chi connectivity index (χ1v) is 4.64. The standard InChI is InChI=1S/C4H10B.C3H8.C2H6/c1-3-5-4-2;1-3-2;1-2/h3-4H2,1-2H3;3H2,1-2H3;1-2H3. The quantitative estimate of drug-likeness (QED) is 0.512. The summed E-state index contributed by atoms with van der Waals surface area (Å²) in [5.74, 6) is 0. The molecule has 1 radical (unpaired) electrons. The van der Waals surface area contributed by atoms with Crippen LogP contribution in [0, 0.1) is 0 Å². The van der Waals surface area contributed by atoms with Crippen molar-refractivity contribution in [3.63, 3.8) is 0 Å². The van der Waals surface area contributed by atoms with Gasteiger partial charge in [0, 0.05) is 0 Å². The molecule has 0 saturated heterocycles. The minimum atomic E-state index is 1.22. The zero-order valence-corrected chi connectivity index (χ0v) is 8.70. The molecule has 0 aliphatic carbocycles. The third kappa shape index (κ3) is 94.4. The Kier molecular flexibility index (Phi) is 59.1. The molecule has 0 aliphatic rings. The molecule has 0 aromatic rings. The van der Waals surface area contributed by atoms with Crippen molar-refractivity contribution in [1.29, 1.82) is 0 Å². The Morgan fingerprint density at radius 1 is 0.800 bits per heavy atom. The van der Waals surface area contributed by atoms with E-state index in [0.717, 1.165) is 0 Å². The van der Waals surface area contributed by atoms with Gasteiger partial charge in [-0.05, 0) is 0 Å². The Morgan fingerprint density at radius 2 is 1.00 bits per heavy atom. The van der Waals surface area contributed by atoms with Gasteiger partial charge in [-0.15, -0.1) is 0 Å². The molecule has 63 valence electrons. The molecule has 0 aromatic carbocycles. The molecule has 0 saturated carbocycles. The van der Waals surface area contributed by atoms with Crippen LogP contribution in [0.2, 0.25) is 12.6 Å². The summed E-state index contributed by atoms with van der Waals surface area (Å²) in [7, 11) is 2.25. The van der Waals surface area contributed by atoms with Gasteiger partial charge in [0.2, 0.25) is 0 Å². The minimum Gasteiger partial charge on any atom is -0.0831 e. The summed E-state index contributed by atoms with van der Waals surface area (Å²) >= 11 is 0. The largest absolute Gasteiger partial charge is 0.108 e. The van der Waals surface area contributed by atoms with Gasteiger partial charge in [-0.1, -0.05) is 60.6 Å². The molecule has 0 atom stereocenters. The molecule has 0 nitrogen and oxygen atoms in total. The molecule has 0 fully saturated rings. The molecule has 0 spiro atoms. The first-order valence-electron chi connectivity index (χ1n) is 4.64. The number of hydrogen-bond donors (Lipinski definition) is 0. The van der Waals surface area contributed by atoms with Gasteiger partial charge in [0.1, 0.15) is 7.28 Å². The summed E-state index contributed by atoms with van der Waals surface area (Å²) in [6.07, 6.45) is 3.69. The SMILES string of the molecule is CC.CCC.CC[B]CC. The average Bonchev–Trinajstić information content (AvgIpc) is 1.96. The summed E-state index contributed by atoms with van der Waals surface area (Å²) < 4.78 is 0. The second-order valence-electron chi connectivity index (χ2n) is 1.81. The molecule has 0 bridgehead atoms. The van der Waals surface area contributed by atoms with Gasteiger partial charge in [-0.25, -0.2) is 0 Å². The Labute approximate surface area is 68.7 Å². The third-order valence-electron chi connectivity index (χ3n) is 0.577. The Bertz CT molecular complexity index is 18.7. The maximum absolute atomic E-state index is 2.25. The lowest BCUT2D eigenvalue weighted by atomic mass is 9.73. The predicted molar refractivity (Wildman–Crippen MR) is 54.0 cm³/mol. The van der Waals surface area contributed by atoms with Gasteiger partial charge in [0.25, 0.3) is 0 Å². The highest BCUT2D eigenvalue weighted by Gasteiger charge is 1.72. The van der Waals surface area contributed by atoms with E-state index in [0.29, 0.717) is 0 Å². The lowest BCUT2D eigenvalue weighted by Gasteiger charge is -1.75. The number of rotatable bonds is 2. The van der Waals surface area contributed by atoms with Gasteiger partial charge in [-0.2, -0.15) is 0 Å². The summed E-state index contributed by atoms with van der Waals surface area (Å²) in [6.45, 7) is 12.6. The van der Waals surface area contributed by atoms with Crippen LogP contribution in [0.25, 0.3) is 0 Å². The Balaban J connectivity index is -0.0000000847. The van der Waals surface area contributed by atoms with E-state index in [2.05, 4.69) is 35.0 Å². The first-order chi connectivity index (χ1) is 4.83. The van der Waals surface area contributed by atoms with Crippen LogP contribution in [0.4, 0.5) is 0 Å². The summed E-state index contributed by atoms with van der Waals surface area (Å²) in [5, 5.41) is 0. The van der Waals surface area contributed by atoms with Crippen molar-refractivity contribution in [2.24, 2.45) is 0 Å². The molecule has 1 heteroatoms. The highest BCUT2D eigenvalue weighted by Crippen LogP contribution is 1.77. The van der Waals surface area contributed by atoms with Crippen LogP contribution < -0.4 is 0 Å². The minimum absolute atomic E-state index is 1.22. The van der Waals surface area contributed by atoms with Crippen molar-refractivity contribution in [1.82, 2.24) is 0 Å². The molecular formula is C9H24B. The maximum atomic E-state index is 2.25. The lowest BCUT2D eigenvalue weighted by molar-refractivity contribution is 1.09. The van der Waals surface area contributed by atoms with E-state index in [1.54, 1.807) is 0 Å². The summed E-state index contributed by atoms with van der Waals surface area (Å²) in [6, 6.07) is 0. The van der Waals surface area contributed by atoms with Crippen molar-refractivity contribution in [2.75, 3.05) is 0 Å². The highest BCUT2D eigenvalue weighted by atomic mass is 13.5. The lowest BCUT2D eigenvalue weighted by Crippen LogP contribution is -1.76. The van der Waals surface area contributed by atoms with Gasteiger partial charge in [-0.3, -0.25) is 0 Å². The van der Waals surface area contributed by atoms with Crippen LogP contribution in [0.3, 0.4) is 0 Å². The van der Waals surface area contributed by atoms with Crippen LogP contribution in [-0.2, 0) is 0 Å². The molecule has 0 amide bonds. The first kappa shape index (κ1) is 16.6. The molecule has 0 rings (SSSR count). The molecule has 0 heterocycles. The normalized spacial score (nSPS) is 6.20. The monoisotopic (exact) mass is 143 g/mol. The van der Waals surface area contributed by atoms with Crippen LogP contribution in [-0.4, -0.2) is 7.28 Å². The van der Waals surface area contributed by atoms with Crippen molar-refractivity contribution >= 4 is 7.28 Å².